The summed E-state index contributed by atoms with van der Waals surface area (Å²) in [5, 5.41) is 8.27. The number of amides is 2. The molecular formula is C21H23N3O. The Morgan fingerprint density at radius 3 is 2.48 bits per heavy atom. The summed E-state index contributed by atoms with van der Waals surface area (Å²) >= 11 is 0. The Morgan fingerprint density at radius 1 is 0.960 bits per heavy atom. The van der Waals surface area contributed by atoms with Crippen molar-refractivity contribution in [3.8, 4) is 0 Å². The molecule has 25 heavy (non-hydrogen) atoms. The van der Waals surface area contributed by atoms with Gasteiger partial charge in [-0.25, -0.2) is 4.79 Å². The van der Waals surface area contributed by atoms with Crippen LogP contribution in [0.5, 0.6) is 0 Å². The van der Waals surface area contributed by atoms with Crippen molar-refractivity contribution in [2.24, 2.45) is 0 Å². The van der Waals surface area contributed by atoms with Crippen LogP contribution in [0.25, 0.3) is 10.8 Å². The van der Waals surface area contributed by atoms with E-state index < -0.39 is 0 Å². The van der Waals surface area contributed by atoms with Gasteiger partial charge in [-0.2, -0.15) is 0 Å². The fourth-order valence-corrected chi connectivity index (χ4v) is 2.89. The summed E-state index contributed by atoms with van der Waals surface area (Å²) in [6.07, 6.45) is 3.55. The van der Waals surface area contributed by atoms with Gasteiger partial charge in [-0.05, 0) is 34.0 Å². The zero-order valence-electron chi connectivity index (χ0n) is 14.6. The third kappa shape index (κ3) is 4.15. The van der Waals surface area contributed by atoms with Gasteiger partial charge in [0.05, 0.1) is 0 Å². The number of pyridine rings is 1. The van der Waals surface area contributed by atoms with Gasteiger partial charge in [-0.1, -0.05) is 56.3 Å². The van der Waals surface area contributed by atoms with Gasteiger partial charge in [0.25, 0.3) is 0 Å². The van der Waals surface area contributed by atoms with E-state index >= 15 is 0 Å². The first-order valence-electron chi connectivity index (χ1n) is 8.45. The molecule has 0 saturated carbocycles. The number of rotatable bonds is 5. The van der Waals surface area contributed by atoms with Gasteiger partial charge in [0.1, 0.15) is 0 Å². The Hall–Kier alpha value is -2.88. The van der Waals surface area contributed by atoms with E-state index in [0.717, 1.165) is 11.1 Å². The Kier molecular flexibility index (Phi) is 4.98. The van der Waals surface area contributed by atoms with E-state index in [1.54, 1.807) is 12.4 Å². The Labute approximate surface area is 148 Å². The molecule has 3 rings (SSSR count). The minimum atomic E-state index is -0.157. The fourth-order valence-electron chi connectivity index (χ4n) is 2.89. The molecule has 0 saturated heterocycles. The Morgan fingerprint density at radius 2 is 1.68 bits per heavy atom. The summed E-state index contributed by atoms with van der Waals surface area (Å²) < 4.78 is 0. The normalized spacial score (nSPS) is 11.3. The molecule has 1 aromatic heterocycles. The lowest BCUT2D eigenvalue weighted by Crippen LogP contribution is -2.42. The molecule has 4 heteroatoms. The number of nitrogens with one attached hydrogen (secondary N) is 2. The molecule has 2 N–H and O–H groups in total. The highest BCUT2D eigenvalue weighted by Crippen LogP contribution is 2.21. The molecule has 0 aliphatic rings. The zero-order chi connectivity index (χ0) is 17.7. The number of carbonyl (C=O) groups excluding carboxylic acids is 1. The van der Waals surface area contributed by atoms with E-state index in [4.69, 9.17) is 0 Å². The summed E-state index contributed by atoms with van der Waals surface area (Å²) in [7, 11) is 0. The van der Waals surface area contributed by atoms with Crippen LogP contribution < -0.4 is 10.6 Å². The first kappa shape index (κ1) is 17.0. The van der Waals surface area contributed by atoms with Crippen LogP contribution in [0.3, 0.4) is 0 Å². The highest BCUT2D eigenvalue weighted by Gasteiger charge is 2.21. The van der Waals surface area contributed by atoms with Crippen molar-refractivity contribution in [1.82, 2.24) is 15.6 Å². The van der Waals surface area contributed by atoms with Crippen molar-refractivity contribution in [1.29, 1.82) is 0 Å². The Bertz CT molecular complexity index is 854. The fraction of sp³-hybridized carbons (Fsp3) is 0.238. The van der Waals surface area contributed by atoms with Crippen LogP contribution >= 0.6 is 0 Å². The average Bonchev–Trinajstić information content (AvgIpc) is 2.65. The van der Waals surface area contributed by atoms with E-state index in [-0.39, 0.29) is 11.4 Å². The summed E-state index contributed by atoms with van der Waals surface area (Å²) in [5.74, 6) is 0. The number of hydrogen-bond acceptors (Lipinski definition) is 2. The number of aromatic nitrogens is 1. The topological polar surface area (TPSA) is 54.0 Å². The van der Waals surface area contributed by atoms with Crippen molar-refractivity contribution in [3.05, 3.63) is 78.1 Å². The molecule has 0 bridgehead atoms. The standard InChI is InChI=1S/C21H23N3O/c1-21(2,18-10-12-22-13-11-18)15-24-20(25)23-14-17-8-5-7-16-6-3-4-9-19(16)17/h3-13H,14-15H2,1-2H3,(H2,23,24,25). The maximum atomic E-state index is 12.2. The van der Waals surface area contributed by atoms with Gasteiger partial charge < -0.3 is 10.6 Å². The van der Waals surface area contributed by atoms with E-state index in [1.807, 2.05) is 36.4 Å². The third-order valence-corrected chi connectivity index (χ3v) is 4.47. The van der Waals surface area contributed by atoms with Crippen molar-refractivity contribution < 1.29 is 4.79 Å². The summed E-state index contributed by atoms with van der Waals surface area (Å²) in [6, 6.07) is 18.1. The predicted molar refractivity (Wildman–Crippen MR) is 101 cm³/mol. The first-order valence-corrected chi connectivity index (χ1v) is 8.45. The quantitative estimate of drug-likeness (QED) is 0.741. The van der Waals surface area contributed by atoms with Crippen molar-refractivity contribution in [2.75, 3.05) is 6.54 Å². The van der Waals surface area contributed by atoms with E-state index in [2.05, 4.69) is 47.7 Å². The van der Waals surface area contributed by atoms with E-state index in [1.165, 1.54) is 10.8 Å². The zero-order valence-corrected chi connectivity index (χ0v) is 14.6. The molecule has 0 fully saturated rings. The molecule has 2 aromatic carbocycles. The van der Waals surface area contributed by atoms with Crippen LogP contribution in [0.1, 0.15) is 25.0 Å². The summed E-state index contributed by atoms with van der Waals surface area (Å²) in [4.78, 5) is 16.2. The second-order valence-electron chi connectivity index (χ2n) is 6.79. The van der Waals surface area contributed by atoms with Crippen LogP contribution in [0, 0.1) is 0 Å². The second kappa shape index (κ2) is 7.34. The largest absolute Gasteiger partial charge is 0.337 e. The maximum Gasteiger partial charge on any atom is 0.315 e. The molecule has 128 valence electrons. The summed E-state index contributed by atoms with van der Waals surface area (Å²) in [6.45, 7) is 5.27. The van der Waals surface area contributed by atoms with Crippen molar-refractivity contribution in [3.63, 3.8) is 0 Å². The van der Waals surface area contributed by atoms with Crippen LogP contribution in [0.4, 0.5) is 4.79 Å². The monoisotopic (exact) mass is 333 g/mol. The second-order valence-corrected chi connectivity index (χ2v) is 6.79. The lowest BCUT2D eigenvalue weighted by molar-refractivity contribution is 0.238. The van der Waals surface area contributed by atoms with Crippen molar-refractivity contribution in [2.45, 2.75) is 25.8 Å². The highest BCUT2D eigenvalue weighted by molar-refractivity contribution is 5.86. The molecule has 0 aliphatic heterocycles. The molecule has 4 nitrogen and oxygen atoms in total. The van der Waals surface area contributed by atoms with Gasteiger partial charge in [0.15, 0.2) is 0 Å². The van der Waals surface area contributed by atoms with Gasteiger partial charge in [0, 0.05) is 30.9 Å². The number of hydrogen-bond donors (Lipinski definition) is 2. The SMILES string of the molecule is CC(C)(CNC(=O)NCc1cccc2ccccc12)c1ccncc1. The number of nitrogens with zero attached hydrogens (tertiary/aromatic N) is 1. The molecule has 0 spiro atoms. The highest BCUT2D eigenvalue weighted by atomic mass is 16.2. The molecular weight excluding hydrogens is 310 g/mol. The lowest BCUT2D eigenvalue weighted by Gasteiger charge is -2.25. The van der Waals surface area contributed by atoms with Crippen molar-refractivity contribution >= 4 is 16.8 Å². The predicted octanol–water partition coefficient (Wildman–Crippen LogP) is 4.01. The van der Waals surface area contributed by atoms with Gasteiger partial charge in [0.2, 0.25) is 0 Å². The van der Waals surface area contributed by atoms with Gasteiger partial charge >= 0.3 is 6.03 Å². The molecule has 3 aromatic rings. The van der Waals surface area contributed by atoms with Gasteiger partial charge in [-0.3, -0.25) is 4.98 Å². The number of benzene rings is 2. The molecule has 1 heterocycles. The molecule has 2 amide bonds. The summed E-state index contributed by atoms with van der Waals surface area (Å²) in [5.41, 5.74) is 2.11. The van der Waals surface area contributed by atoms with Gasteiger partial charge in [-0.15, -0.1) is 0 Å². The van der Waals surface area contributed by atoms with Crippen LogP contribution in [-0.4, -0.2) is 17.6 Å². The van der Waals surface area contributed by atoms with E-state index in [0.29, 0.717) is 13.1 Å². The number of carbonyl (C=O) groups is 1. The number of fused-ring (bicyclic) bond motifs is 1. The molecule has 0 atom stereocenters. The minimum absolute atomic E-state index is 0.153. The number of urea groups is 1. The van der Waals surface area contributed by atoms with Crippen LogP contribution in [-0.2, 0) is 12.0 Å². The Balaban J connectivity index is 1.58. The third-order valence-electron chi connectivity index (χ3n) is 4.47. The lowest BCUT2D eigenvalue weighted by atomic mass is 9.85. The molecule has 0 radical (unpaired) electrons. The minimum Gasteiger partial charge on any atom is -0.337 e. The maximum absolute atomic E-state index is 12.2. The molecule has 0 unspecified atom stereocenters. The van der Waals surface area contributed by atoms with Crippen LogP contribution in [0.15, 0.2) is 67.0 Å². The molecule has 0 aliphatic carbocycles. The van der Waals surface area contributed by atoms with Crippen LogP contribution in [0.2, 0.25) is 0 Å². The first-order chi connectivity index (χ1) is 12.1. The average molecular weight is 333 g/mol. The van der Waals surface area contributed by atoms with E-state index in [9.17, 15) is 4.79 Å². The smallest absolute Gasteiger partial charge is 0.315 e.